The molecule has 1 unspecified atom stereocenters. The molecule has 1 atom stereocenters. The molecule has 4 rings (SSSR count). The first-order chi connectivity index (χ1) is 15.4. The Morgan fingerprint density at radius 1 is 1.06 bits per heavy atom. The van der Waals surface area contributed by atoms with Crippen LogP contribution in [0.2, 0.25) is 0 Å². The van der Waals surface area contributed by atoms with Crippen LogP contribution in [0.5, 0.6) is 5.75 Å². The van der Waals surface area contributed by atoms with E-state index in [1.54, 1.807) is 4.90 Å². The van der Waals surface area contributed by atoms with Crippen molar-refractivity contribution in [2.24, 2.45) is 11.3 Å². The molecule has 5 nitrogen and oxygen atoms in total. The Hall–Kier alpha value is -2.18. The SMILES string of the molecule is O=C(C1CCC(F)(F)CC1)N1CCCC2(CCCCc3ccccc3OCCNC2=O)C1. The number of ether oxygens (including phenoxy) is 1. The second-order valence-corrected chi connectivity index (χ2v) is 9.69. The molecule has 1 N–H and O–H groups in total. The maximum Gasteiger partial charge on any atom is 0.248 e. The highest BCUT2D eigenvalue weighted by molar-refractivity contribution is 5.85. The van der Waals surface area contributed by atoms with E-state index in [-0.39, 0.29) is 43.4 Å². The highest BCUT2D eigenvalue weighted by atomic mass is 19.3. The number of halogens is 2. The fourth-order valence-electron chi connectivity index (χ4n) is 5.51. The highest BCUT2D eigenvalue weighted by Crippen LogP contribution is 2.40. The zero-order valence-corrected chi connectivity index (χ0v) is 18.7. The molecule has 2 fully saturated rings. The number of fused-ring (bicyclic) bond motifs is 1. The summed E-state index contributed by atoms with van der Waals surface area (Å²) in [6.07, 6.45) is 5.01. The number of amides is 2. The molecule has 176 valence electrons. The van der Waals surface area contributed by atoms with Crippen LogP contribution < -0.4 is 10.1 Å². The van der Waals surface area contributed by atoms with Crippen molar-refractivity contribution < 1.29 is 23.1 Å². The molecule has 2 heterocycles. The molecular formula is C25H34F2N2O3. The van der Waals surface area contributed by atoms with Crippen molar-refractivity contribution >= 4 is 11.8 Å². The first kappa shape index (κ1) is 23.0. The van der Waals surface area contributed by atoms with E-state index < -0.39 is 11.3 Å². The van der Waals surface area contributed by atoms with Crippen molar-refractivity contribution in [3.63, 3.8) is 0 Å². The van der Waals surface area contributed by atoms with Gasteiger partial charge >= 0.3 is 0 Å². The van der Waals surface area contributed by atoms with E-state index in [0.29, 0.717) is 26.2 Å². The van der Waals surface area contributed by atoms with Crippen molar-refractivity contribution in [3.8, 4) is 5.75 Å². The zero-order chi connectivity index (χ0) is 22.6. The van der Waals surface area contributed by atoms with Gasteiger partial charge in [-0.05, 0) is 56.6 Å². The van der Waals surface area contributed by atoms with E-state index in [4.69, 9.17) is 4.74 Å². The number of hydrogen-bond donors (Lipinski definition) is 1. The van der Waals surface area contributed by atoms with Crippen LogP contribution in [0.25, 0.3) is 0 Å². The molecule has 1 spiro atoms. The molecule has 1 aromatic carbocycles. The van der Waals surface area contributed by atoms with Crippen molar-refractivity contribution in [3.05, 3.63) is 29.8 Å². The summed E-state index contributed by atoms with van der Waals surface area (Å²) in [5, 5.41) is 3.04. The number of alkyl halides is 2. The lowest BCUT2D eigenvalue weighted by Crippen LogP contribution is -2.55. The lowest BCUT2D eigenvalue weighted by atomic mass is 9.74. The molecular weight excluding hydrogens is 414 g/mol. The monoisotopic (exact) mass is 448 g/mol. The summed E-state index contributed by atoms with van der Waals surface area (Å²) >= 11 is 0. The number of nitrogens with zero attached hydrogens (tertiary/aromatic N) is 1. The number of hydrogen-bond acceptors (Lipinski definition) is 3. The van der Waals surface area contributed by atoms with E-state index in [9.17, 15) is 18.4 Å². The normalized spacial score (nSPS) is 27.4. The minimum Gasteiger partial charge on any atom is -0.491 e. The van der Waals surface area contributed by atoms with Gasteiger partial charge in [-0.1, -0.05) is 24.6 Å². The summed E-state index contributed by atoms with van der Waals surface area (Å²) in [7, 11) is 0. The number of carbonyl (C=O) groups excluding carboxylic acids is 2. The second kappa shape index (κ2) is 9.75. The van der Waals surface area contributed by atoms with Gasteiger partial charge in [0, 0.05) is 31.8 Å². The van der Waals surface area contributed by atoms with Crippen molar-refractivity contribution in [2.75, 3.05) is 26.2 Å². The Morgan fingerprint density at radius 3 is 2.62 bits per heavy atom. The first-order valence-corrected chi connectivity index (χ1v) is 12.0. The van der Waals surface area contributed by atoms with E-state index in [1.165, 1.54) is 5.56 Å². The summed E-state index contributed by atoms with van der Waals surface area (Å²) in [6.45, 7) is 1.82. The van der Waals surface area contributed by atoms with Crippen LogP contribution in [0.1, 0.15) is 63.4 Å². The minimum absolute atomic E-state index is 0.0114. The van der Waals surface area contributed by atoms with Gasteiger partial charge in [-0.15, -0.1) is 0 Å². The topological polar surface area (TPSA) is 58.6 Å². The summed E-state index contributed by atoms with van der Waals surface area (Å²) in [5.74, 6) is -2.17. The average Bonchev–Trinajstić information content (AvgIpc) is 2.79. The van der Waals surface area contributed by atoms with Gasteiger partial charge < -0.3 is 15.0 Å². The maximum absolute atomic E-state index is 13.5. The van der Waals surface area contributed by atoms with E-state index in [0.717, 1.165) is 44.3 Å². The maximum atomic E-state index is 13.5. The molecule has 0 aromatic heterocycles. The van der Waals surface area contributed by atoms with Gasteiger partial charge in [0.15, 0.2) is 0 Å². The van der Waals surface area contributed by atoms with Gasteiger partial charge in [-0.3, -0.25) is 9.59 Å². The second-order valence-electron chi connectivity index (χ2n) is 9.69. The van der Waals surface area contributed by atoms with E-state index in [2.05, 4.69) is 11.4 Å². The molecule has 0 radical (unpaired) electrons. The molecule has 0 bridgehead atoms. The Kier molecular flexibility index (Phi) is 7.01. The zero-order valence-electron chi connectivity index (χ0n) is 18.7. The Labute approximate surface area is 188 Å². The summed E-state index contributed by atoms with van der Waals surface area (Å²) in [4.78, 5) is 28.2. The number of benzene rings is 1. The van der Waals surface area contributed by atoms with Crippen LogP contribution in [0.4, 0.5) is 8.78 Å². The third kappa shape index (κ3) is 5.24. The van der Waals surface area contributed by atoms with Crippen LogP contribution >= 0.6 is 0 Å². The van der Waals surface area contributed by atoms with Gasteiger partial charge in [0.25, 0.3) is 0 Å². The van der Waals surface area contributed by atoms with Crippen LogP contribution in [0, 0.1) is 11.3 Å². The summed E-state index contributed by atoms with van der Waals surface area (Å²) < 4.78 is 33.0. The fraction of sp³-hybridized carbons (Fsp3) is 0.680. The van der Waals surface area contributed by atoms with Gasteiger partial charge in [0.2, 0.25) is 17.7 Å². The number of nitrogens with one attached hydrogen (secondary N) is 1. The predicted molar refractivity (Wildman–Crippen MR) is 118 cm³/mol. The van der Waals surface area contributed by atoms with Crippen LogP contribution in [0.15, 0.2) is 24.3 Å². The molecule has 1 aliphatic carbocycles. The largest absolute Gasteiger partial charge is 0.491 e. The van der Waals surface area contributed by atoms with Crippen LogP contribution in [0.3, 0.4) is 0 Å². The van der Waals surface area contributed by atoms with Gasteiger partial charge in [0.1, 0.15) is 12.4 Å². The van der Waals surface area contributed by atoms with Gasteiger partial charge in [0.05, 0.1) is 12.0 Å². The van der Waals surface area contributed by atoms with Crippen molar-refractivity contribution in [1.82, 2.24) is 10.2 Å². The predicted octanol–water partition coefficient (Wildman–Crippen LogP) is 4.34. The molecule has 2 aliphatic heterocycles. The fourth-order valence-corrected chi connectivity index (χ4v) is 5.51. The minimum atomic E-state index is -2.64. The molecule has 1 saturated carbocycles. The van der Waals surface area contributed by atoms with E-state index >= 15 is 0 Å². The molecule has 32 heavy (non-hydrogen) atoms. The average molecular weight is 449 g/mol. The molecule has 1 saturated heterocycles. The first-order valence-electron chi connectivity index (χ1n) is 12.0. The van der Waals surface area contributed by atoms with Crippen LogP contribution in [-0.4, -0.2) is 48.9 Å². The standard InChI is InChI=1S/C25H34F2N2O3/c26-25(27)13-9-20(10-14-25)22(30)29-16-5-12-24(18-29)11-4-3-7-19-6-1-2-8-21(19)32-17-15-28-23(24)31/h1-2,6,8,20H,3-5,7,9-18H2,(H,28,31). The quantitative estimate of drug-likeness (QED) is 0.695. The number of likely N-dealkylation sites (tertiary alicyclic amines) is 1. The molecule has 7 heteroatoms. The third-order valence-corrected chi connectivity index (χ3v) is 7.41. The Bertz CT molecular complexity index is 821. The Morgan fingerprint density at radius 2 is 1.81 bits per heavy atom. The molecule has 2 amide bonds. The number of rotatable bonds is 1. The summed E-state index contributed by atoms with van der Waals surface area (Å²) in [5.41, 5.74) is 0.577. The van der Waals surface area contributed by atoms with Crippen molar-refractivity contribution in [1.29, 1.82) is 0 Å². The van der Waals surface area contributed by atoms with E-state index in [1.807, 2.05) is 18.2 Å². The number of carbonyl (C=O) groups is 2. The summed E-state index contributed by atoms with van der Waals surface area (Å²) in [6, 6.07) is 8.03. The third-order valence-electron chi connectivity index (χ3n) is 7.41. The lowest BCUT2D eigenvalue weighted by molar-refractivity contribution is -0.147. The lowest BCUT2D eigenvalue weighted by Gasteiger charge is -2.43. The van der Waals surface area contributed by atoms with Crippen LogP contribution in [-0.2, 0) is 16.0 Å². The van der Waals surface area contributed by atoms with Crippen molar-refractivity contribution in [2.45, 2.75) is 70.1 Å². The number of para-hydroxylation sites is 1. The number of piperidine rings is 1. The van der Waals surface area contributed by atoms with Gasteiger partial charge in [-0.2, -0.15) is 0 Å². The highest BCUT2D eigenvalue weighted by Gasteiger charge is 2.45. The molecule has 1 aromatic rings. The number of aryl methyl sites for hydroxylation is 1. The van der Waals surface area contributed by atoms with Gasteiger partial charge in [-0.25, -0.2) is 8.78 Å². The molecule has 3 aliphatic rings. The Balaban J connectivity index is 1.43. The smallest absolute Gasteiger partial charge is 0.248 e.